The van der Waals surface area contributed by atoms with Gasteiger partial charge in [-0.05, 0) is 0 Å². The molecule has 0 spiro atoms. The molecule has 0 unspecified atom stereocenters. The fraction of sp³-hybridized carbons (Fsp3) is 0. The van der Waals surface area contributed by atoms with Crippen LogP contribution in [0.1, 0.15) is 0 Å². The number of hydrogen-bond donors (Lipinski definition) is 0. The zero-order chi connectivity index (χ0) is 2.00. The van der Waals surface area contributed by atoms with Crippen LogP contribution in [0.5, 0.6) is 0 Å². The Kier molecular flexibility index (Phi) is 65.7. The SMILES string of the molecule is [Ba+2].[O]=[Cu].[Y+3]. The molecule has 0 aromatic rings. The van der Waals surface area contributed by atoms with Gasteiger partial charge in [0.15, 0.2) is 0 Å². The number of hydrogen-bond acceptors (Lipinski definition) is 1. The average molecular weight is 306 g/mol. The molecule has 0 aliphatic heterocycles. The Morgan fingerprint density at radius 2 is 1.25 bits per heavy atom. The Balaban J connectivity index is -0.00000000500. The summed E-state index contributed by atoms with van der Waals surface area (Å²) in [7, 11) is 0. The smallest absolute Gasteiger partial charge is 3.00 e. The first-order chi connectivity index (χ1) is 1.00. The van der Waals surface area contributed by atoms with Gasteiger partial charge >= 0.3 is 101 Å². The Morgan fingerprint density at radius 1 is 1.25 bits per heavy atom. The third kappa shape index (κ3) is 8.89. The van der Waals surface area contributed by atoms with Crippen LogP contribution in [0.4, 0.5) is 0 Å². The Morgan fingerprint density at radius 3 is 1.25 bits per heavy atom. The van der Waals surface area contributed by atoms with Gasteiger partial charge in [0.2, 0.25) is 0 Å². The van der Waals surface area contributed by atoms with Crippen LogP contribution in [-0.4, -0.2) is 48.9 Å². The van der Waals surface area contributed by atoms with Gasteiger partial charge in [0.05, 0.1) is 0 Å². The van der Waals surface area contributed by atoms with E-state index in [1.807, 2.05) is 0 Å². The maximum absolute atomic E-state index is 7.81. The van der Waals surface area contributed by atoms with Gasteiger partial charge in [-0.1, -0.05) is 0 Å². The van der Waals surface area contributed by atoms with E-state index >= 15 is 0 Å². The molecule has 0 atom stereocenters. The molecule has 0 N–H and O–H groups in total. The molecule has 1 nitrogen and oxygen atoms in total. The van der Waals surface area contributed by atoms with Gasteiger partial charge in [0.25, 0.3) is 0 Å². The van der Waals surface area contributed by atoms with Gasteiger partial charge < -0.3 is 0 Å². The Labute approximate surface area is 98.6 Å². The van der Waals surface area contributed by atoms with Crippen molar-refractivity contribution in [1.29, 1.82) is 0 Å². The maximum atomic E-state index is 7.81. The molecule has 0 rings (SSSR count). The van der Waals surface area contributed by atoms with E-state index in [4.69, 9.17) is 3.83 Å². The molecule has 0 heterocycles. The van der Waals surface area contributed by atoms with Crippen molar-refractivity contribution in [2.75, 3.05) is 0 Å². The molecule has 4 heteroatoms. The minimum Gasteiger partial charge on any atom is 3.00 e. The van der Waals surface area contributed by atoms with E-state index in [1.165, 1.54) is 0 Å². The van der Waals surface area contributed by atoms with Crippen molar-refractivity contribution < 1.29 is 52.5 Å². The topological polar surface area (TPSA) is 17.1 Å². The van der Waals surface area contributed by atoms with E-state index in [-0.39, 0.29) is 81.6 Å². The summed E-state index contributed by atoms with van der Waals surface area (Å²) in [5.74, 6) is 0. The first-order valence-corrected chi connectivity index (χ1v) is 0.508. The van der Waals surface area contributed by atoms with Crippen LogP contribution in [-0.2, 0) is 52.5 Å². The van der Waals surface area contributed by atoms with Crippen LogP contribution in [0.3, 0.4) is 0 Å². The minimum absolute atomic E-state index is 0. The second kappa shape index (κ2) is 16.7. The van der Waals surface area contributed by atoms with Gasteiger partial charge in [-0.3, -0.25) is 0 Å². The van der Waals surface area contributed by atoms with Gasteiger partial charge in [0.1, 0.15) is 0 Å². The monoisotopic (exact) mass is 306 g/mol. The molecule has 0 fully saturated rings. The van der Waals surface area contributed by atoms with E-state index < -0.39 is 0 Å². The molecule has 0 saturated heterocycles. The van der Waals surface area contributed by atoms with Gasteiger partial charge in [-0.25, -0.2) is 0 Å². The normalized spacial score (nSPS) is 1.50. The van der Waals surface area contributed by atoms with Gasteiger partial charge in [0, 0.05) is 0 Å². The molecule has 0 amide bonds. The van der Waals surface area contributed by atoms with E-state index in [1.54, 1.807) is 0 Å². The molecule has 4 heavy (non-hydrogen) atoms. The molecule has 0 aliphatic carbocycles. The summed E-state index contributed by atoms with van der Waals surface area (Å²) in [4.78, 5) is 0. The van der Waals surface area contributed by atoms with Crippen LogP contribution in [0.15, 0.2) is 0 Å². The fourth-order valence-corrected chi connectivity index (χ4v) is 0. The molecule has 17 valence electrons. The molecule has 0 aromatic heterocycles. The van der Waals surface area contributed by atoms with Crippen LogP contribution in [0, 0.1) is 0 Å². The quantitative estimate of drug-likeness (QED) is 0.551. The number of rotatable bonds is 0. The summed E-state index contributed by atoms with van der Waals surface area (Å²) in [5, 5.41) is 0. The second-order valence-electron chi connectivity index (χ2n) is 0. The second-order valence-corrected chi connectivity index (χ2v) is 0. The zero-order valence-electron chi connectivity index (χ0n) is 1.99. The molecule has 0 aliphatic rings. The summed E-state index contributed by atoms with van der Waals surface area (Å²) in [6.07, 6.45) is 0. The predicted molar refractivity (Wildman–Crippen MR) is 6.44 cm³/mol. The summed E-state index contributed by atoms with van der Waals surface area (Å²) in [6, 6.07) is 0. The summed E-state index contributed by atoms with van der Waals surface area (Å²) in [6.45, 7) is 0. The van der Waals surface area contributed by atoms with Gasteiger partial charge in [-0.15, -0.1) is 0 Å². The largest absolute Gasteiger partial charge is 3.00 e. The first kappa shape index (κ1) is 15.8. The van der Waals surface area contributed by atoms with Crippen molar-refractivity contribution in [2.45, 2.75) is 0 Å². The van der Waals surface area contributed by atoms with E-state index in [0.717, 1.165) is 0 Å². The minimum atomic E-state index is 0. The molecule has 0 bridgehead atoms. The Bertz CT molecular complexity index is 8.00. The van der Waals surface area contributed by atoms with Crippen LogP contribution >= 0.6 is 0 Å². The molecular formula is BaCuOY+5. The molecule has 0 aromatic carbocycles. The van der Waals surface area contributed by atoms with E-state index in [2.05, 4.69) is 15.9 Å². The molecular weight excluding hydrogens is 306 g/mol. The standard InChI is InChI=1S/Ba.Cu.O.Y/q+2;;;+3. The summed E-state index contributed by atoms with van der Waals surface area (Å²) < 4.78 is 7.81. The Hall–Kier alpha value is 2.99. The van der Waals surface area contributed by atoms with Crippen molar-refractivity contribution in [3.05, 3.63) is 0 Å². The maximum Gasteiger partial charge on any atom is 3.00 e. The average Bonchev–Trinajstić information content (AvgIpc) is 1.00. The van der Waals surface area contributed by atoms with E-state index in [0.29, 0.717) is 0 Å². The fourth-order valence-electron chi connectivity index (χ4n) is 0. The van der Waals surface area contributed by atoms with Crippen molar-refractivity contribution in [1.82, 2.24) is 0 Å². The van der Waals surface area contributed by atoms with Crippen LogP contribution in [0.25, 0.3) is 0 Å². The van der Waals surface area contributed by atoms with E-state index in [9.17, 15) is 0 Å². The molecule has 0 radical (unpaired) electrons. The van der Waals surface area contributed by atoms with Crippen molar-refractivity contribution >= 4 is 48.9 Å². The molecule has 0 saturated carbocycles. The third-order valence-corrected chi connectivity index (χ3v) is 0. The first-order valence-electron chi connectivity index (χ1n) is 0.123. The third-order valence-electron chi connectivity index (χ3n) is 0. The zero-order valence-corrected chi connectivity index (χ0v) is 10.2. The van der Waals surface area contributed by atoms with Crippen molar-refractivity contribution in [2.24, 2.45) is 0 Å². The van der Waals surface area contributed by atoms with Crippen LogP contribution in [0.2, 0.25) is 0 Å². The predicted octanol–water partition coefficient (Wildman–Crippen LogP) is -0.505. The van der Waals surface area contributed by atoms with Crippen molar-refractivity contribution in [3.63, 3.8) is 0 Å². The van der Waals surface area contributed by atoms with Crippen LogP contribution < -0.4 is 0 Å². The van der Waals surface area contributed by atoms with Crippen molar-refractivity contribution in [3.8, 4) is 0 Å². The summed E-state index contributed by atoms with van der Waals surface area (Å²) >= 11 is 2.94. The summed E-state index contributed by atoms with van der Waals surface area (Å²) in [5.41, 5.74) is 0. The van der Waals surface area contributed by atoms with Gasteiger partial charge in [-0.2, -0.15) is 0 Å².